The number of hydrogen-bond donors (Lipinski definition) is 1. The van der Waals surface area contributed by atoms with Crippen LogP contribution < -0.4 is 0 Å². The molecule has 1 fully saturated rings. The van der Waals surface area contributed by atoms with Crippen molar-refractivity contribution in [2.24, 2.45) is 0 Å². The normalized spacial score (nSPS) is 16.6. The number of amides is 1. The first-order valence-corrected chi connectivity index (χ1v) is 8.80. The van der Waals surface area contributed by atoms with Crippen molar-refractivity contribution in [3.63, 3.8) is 0 Å². The molecule has 4 rings (SSSR count). The highest BCUT2D eigenvalue weighted by Gasteiger charge is 2.31. The van der Waals surface area contributed by atoms with Crippen LogP contribution >= 0.6 is 0 Å². The molecule has 3 aromatic rings. The van der Waals surface area contributed by atoms with E-state index in [1.54, 1.807) is 0 Å². The van der Waals surface area contributed by atoms with Crippen LogP contribution in [0, 0.1) is 0 Å². The van der Waals surface area contributed by atoms with Crippen molar-refractivity contribution in [3.8, 4) is 5.69 Å². The average Bonchev–Trinajstić information content (AvgIpc) is 3.43. The molecule has 1 saturated heterocycles. The van der Waals surface area contributed by atoms with E-state index >= 15 is 0 Å². The van der Waals surface area contributed by atoms with Crippen LogP contribution in [0.25, 0.3) is 5.69 Å². The quantitative estimate of drug-likeness (QED) is 0.747. The molecular formula is C19H19N5O3. The summed E-state index contributed by atoms with van der Waals surface area (Å²) in [7, 11) is 0. The van der Waals surface area contributed by atoms with Crippen molar-refractivity contribution in [1.82, 2.24) is 24.5 Å². The Hall–Kier alpha value is -3.42. The Morgan fingerprint density at radius 2 is 1.93 bits per heavy atom. The van der Waals surface area contributed by atoms with Crippen molar-refractivity contribution < 1.29 is 14.7 Å². The van der Waals surface area contributed by atoms with Crippen LogP contribution in [0.4, 0.5) is 0 Å². The minimum absolute atomic E-state index is 0.0274. The lowest BCUT2D eigenvalue weighted by Crippen LogP contribution is -2.38. The molecule has 1 atom stereocenters. The maximum atomic E-state index is 13.3. The van der Waals surface area contributed by atoms with E-state index in [0.29, 0.717) is 18.7 Å². The predicted octanol–water partition coefficient (Wildman–Crippen LogP) is 2.07. The molecular weight excluding hydrogens is 346 g/mol. The number of aromatic nitrogens is 4. The summed E-state index contributed by atoms with van der Waals surface area (Å²) < 4.78 is 3.42. The average molecular weight is 365 g/mol. The summed E-state index contributed by atoms with van der Waals surface area (Å²) in [4.78, 5) is 26.1. The van der Waals surface area contributed by atoms with E-state index in [-0.39, 0.29) is 17.6 Å². The van der Waals surface area contributed by atoms with Crippen molar-refractivity contribution in [1.29, 1.82) is 0 Å². The van der Waals surface area contributed by atoms with Gasteiger partial charge in [0.25, 0.3) is 5.91 Å². The number of likely N-dealkylation sites (tertiary alicyclic amines) is 1. The number of aromatic carboxylic acids is 1. The second-order valence-corrected chi connectivity index (χ2v) is 6.53. The van der Waals surface area contributed by atoms with E-state index in [4.69, 9.17) is 5.11 Å². The van der Waals surface area contributed by atoms with Gasteiger partial charge in [-0.2, -0.15) is 0 Å². The smallest absolute Gasteiger partial charge is 0.358 e. The fourth-order valence-corrected chi connectivity index (χ4v) is 3.52. The second kappa shape index (κ2) is 7.06. The fourth-order valence-electron chi connectivity index (χ4n) is 3.52. The molecule has 0 aliphatic carbocycles. The molecule has 2 aromatic heterocycles. The summed E-state index contributed by atoms with van der Waals surface area (Å²) in [6, 6.07) is 11.3. The van der Waals surface area contributed by atoms with Crippen LogP contribution in [0.2, 0.25) is 0 Å². The Balaban J connectivity index is 1.57. The minimum Gasteiger partial charge on any atom is -0.476 e. The first-order chi connectivity index (χ1) is 13.1. The highest BCUT2D eigenvalue weighted by atomic mass is 16.4. The molecule has 0 bridgehead atoms. The first kappa shape index (κ1) is 17.0. The van der Waals surface area contributed by atoms with Crippen LogP contribution in [-0.2, 0) is 6.54 Å². The molecule has 8 heteroatoms. The number of para-hydroxylation sites is 1. The highest BCUT2D eigenvalue weighted by molar-refractivity contribution is 5.98. The molecule has 1 aliphatic rings. The van der Waals surface area contributed by atoms with E-state index < -0.39 is 5.97 Å². The lowest BCUT2D eigenvalue weighted by Gasteiger charge is -2.25. The van der Waals surface area contributed by atoms with E-state index in [0.717, 1.165) is 18.5 Å². The van der Waals surface area contributed by atoms with Crippen LogP contribution in [-0.4, -0.2) is 54.0 Å². The summed E-state index contributed by atoms with van der Waals surface area (Å²) in [5.74, 6) is -1.14. The highest BCUT2D eigenvalue weighted by Crippen LogP contribution is 2.24. The molecule has 138 valence electrons. The van der Waals surface area contributed by atoms with Gasteiger partial charge in [-0.1, -0.05) is 17.3 Å². The van der Waals surface area contributed by atoms with Gasteiger partial charge >= 0.3 is 5.97 Å². The zero-order valence-electron chi connectivity index (χ0n) is 14.6. The summed E-state index contributed by atoms with van der Waals surface area (Å²) >= 11 is 0. The number of nitrogens with zero attached hydrogens (tertiary/aromatic N) is 5. The van der Waals surface area contributed by atoms with Crippen LogP contribution in [0.3, 0.4) is 0 Å². The van der Waals surface area contributed by atoms with Gasteiger partial charge in [-0.3, -0.25) is 4.79 Å². The molecule has 3 heterocycles. The Labute approximate surface area is 155 Å². The van der Waals surface area contributed by atoms with Crippen LogP contribution in [0.1, 0.15) is 33.7 Å². The first-order valence-electron chi connectivity index (χ1n) is 8.80. The van der Waals surface area contributed by atoms with Gasteiger partial charge in [-0.25, -0.2) is 9.48 Å². The molecule has 0 radical (unpaired) electrons. The Bertz CT molecular complexity index is 963. The predicted molar refractivity (Wildman–Crippen MR) is 96.8 cm³/mol. The largest absolute Gasteiger partial charge is 0.476 e. The summed E-state index contributed by atoms with van der Waals surface area (Å²) in [6.45, 7) is 1.10. The van der Waals surface area contributed by atoms with Gasteiger partial charge in [0.05, 0.1) is 30.0 Å². The molecule has 8 nitrogen and oxygen atoms in total. The third-order valence-electron chi connectivity index (χ3n) is 4.81. The lowest BCUT2D eigenvalue weighted by atomic mass is 10.1. The third kappa shape index (κ3) is 3.33. The molecule has 1 unspecified atom stereocenters. The van der Waals surface area contributed by atoms with E-state index in [1.807, 2.05) is 58.3 Å². The number of carbonyl (C=O) groups excluding carboxylic acids is 1. The molecule has 1 amide bonds. The lowest BCUT2D eigenvalue weighted by molar-refractivity contribution is 0.0686. The Morgan fingerprint density at radius 3 is 2.67 bits per heavy atom. The number of hydrogen-bond acceptors (Lipinski definition) is 4. The van der Waals surface area contributed by atoms with E-state index in [1.165, 1.54) is 10.9 Å². The number of benzene rings is 1. The van der Waals surface area contributed by atoms with Gasteiger partial charge in [-0.15, -0.1) is 5.10 Å². The Kier molecular flexibility index (Phi) is 4.45. The maximum Gasteiger partial charge on any atom is 0.358 e. The number of carbonyl (C=O) groups is 2. The molecule has 1 aromatic carbocycles. The fraction of sp³-hybridized carbons (Fsp3) is 0.263. The number of carboxylic acid groups (broad SMARTS) is 1. The minimum atomic E-state index is -1.11. The van der Waals surface area contributed by atoms with Gasteiger partial charge in [0.1, 0.15) is 0 Å². The molecule has 0 spiro atoms. The standard InChI is InChI=1S/C19H19N5O3/c25-18(15-7-1-2-8-17(15)22-9-3-4-10-22)24-11-5-6-14(24)12-23-13-16(19(26)27)20-21-23/h1-4,7-10,13-14H,5-6,11-12H2,(H,26,27). The van der Waals surface area contributed by atoms with Crippen molar-refractivity contribution in [2.45, 2.75) is 25.4 Å². The monoisotopic (exact) mass is 365 g/mol. The summed E-state index contributed by atoms with van der Waals surface area (Å²) in [6.07, 6.45) is 6.98. The third-order valence-corrected chi connectivity index (χ3v) is 4.81. The van der Waals surface area contributed by atoms with Gasteiger partial charge in [-0.05, 0) is 37.1 Å². The Morgan fingerprint density at radius 1 is 1.15 bits per heavy atom. The van der Waals surface area contributed by atoms with E-state index in [9.17, 15) is 9.59 Å². The zero-order valence-corrected chi connectivity index (χ0v) is 14.6. The molecule has 1 aliphatic heterocycles. The molecule has 1 N–H and O–H groups in total. The van der Waals surface area contributed by atoms with Gasteiger partial charge in [0, 0.05) is 18.9 Å². The maximum absolute atomic E-state index is 13.3. The topological polar surface area (TPSA) is 93.2 Å². The summed E-state index contributed by atoms with van der Waals surface area (Å²) in [5, 5.41) is 16.5. The van der Waals surface area contributed by atoms with Crippen molar-refractivity contribution in [3.05, 3.63) is 66.2 Å². The van der Waals surface area contributed by atoms with Crippen molar-refractivity contribution >= 4 is 11.9 Å². The number of rotatable bonds is 5. The van der Waals surface area contributed by atoms with Crippen LogP contribution in [0.15, 0.2) is 55.0 Å². The van der Waals surface area contributed by atoms with Gasteiger partial charge < -0.3 is 14.6 Å². The van der Waals surface area contributed by atoms with Gasteiger partial charge in [0.2, 0.25) is 0 Å². The zero-order chi connectivity index (χ0) is 18.8. The molecule has 0 saturated carbocycles. The SMILES string of the molecule is O=C(O)c1cn(CC2CCCN2C(=O)c2ccccc2-n2cccc2)nn1. The second-order valence-electron chi connectivity index (χ2n) is 6.53. The van der Waals surface area contributed by atoms with Crippen molar-refractivity contribution in [2.75, 3.05) is 6.54 Å². The number of carboxylic acids is 1. The van der Waals surface area contributed by atoms with E-state index in [2.05, 4.69) is 10.3 Å². The molecule has 27 heavy (non-hydrogen) atoms. The summed E-state index contributed by atoms with van der Waals surface area (Å²) in [5.41, 5.74) is 1.39. The van der Waals surface area contributed by atoms with Gasteiger partial charge in [0.15, 0.2) is 5.69 Å². The van der Waals surface area contributed by atoms with Crippen LogP contribution in [0.5, 0.6) is 0 Å².